The summed E-state index contributed by atoms with van der Waals surface area (Å²) in [5.74, 6) is 0.420. The zero-order chi connectivity index (χ0) is 20.3. The first kappa shape index (κ1) is 20.7. The zero-order valence-corrected chi connectivity index (χ0v) is 17.7. The molecule has 0 spiro atoms. The fraction of sp³-hybridized carbons (Fsp3) is 0.238. The number of carbonyl (C=O) groups excluding carboxylic acids is 1. The molecule has 7 heteroatoms. The van der Waals surface area contributed by atoms with Crippen molar-refractivity contribution in [2.45, 2.75) is 24.7 Å². The zero-order valence-electron chi connectivity index (χ0n) is 15.4. The quantitative estimate of drug-likeness (QED) is 0.452. The topological polar surface area (TPSA) is 42.4 Å². The van der Waals surface area contributed by atoms with Crippen LogP contribution in [0.15, 0.2) is 54.7 Å². The number of aromatic nitrogens is 1. The van der Waals surface area contributed by atoms with Gasteiger partial charge in [-0.3, -0.25) is 9.78 Å². The van der Waals surface area contributed by atoms with Crippen LogP contribution in [0.5, 0.6) is 5.75 Å². The van der Waals surface area contributed by atoms with Crippen LogP contribution in [-0.4, -0.2) is 28.4 Å². The molecule has 1 aliphatic heterocycles. The van der Waals surface area contributed by atoms with Gasteiger partial charge < -0.3 is 9.64 Å². The van der Waals surface area contributed by atoms with Gasteiger partial charge in [0.25, 0.3) is 5.91 Å². The molecule has 1 aromatic heterocycles. The van der Waals surface area contributed by atoms with E-state index >= 15 is 0 Å². The van der Waals surface area contributed by atoms with Gasteiger partial charge in [-0.1, -0.05) is 53.0 Å². The van der Waals surface area contributed by atoms with Crippen molar-refractivity contribution < 1.29 is 9.53 Å². The highest BCUT2D eigenvalue weighted by molar-refractivity contribution is 6.54. The average molecular weight is 438 g/mol. The molecule has 1 atom stereocenters. The van der Waals surface area contributed by atoms with Crippen molar-refractivity contribution in [1.29, 1.82) is 0 Å². The normalized spacial score (nSPS) is 15.5. The van der Waals surface area contributed by atoms with Crippen LogP contribution in [0.2, 0.25) is 5.02 Å². The molecule has 0 N–H and O–H groups in total. The minimum atomic E-state index is -1.05. The minimum absolute atomic E-state index is 0.0724. The van der Waals surface area contributed by atoms with E-state index in [2.05, 4.69) is 4.98 Å². The molecule has 3 aromatic rings. The van der Waals surface area contributed by atoms with Crippen LogP contribution in [0.4, 0.5) is 5.69 Å². The van der Waals surface area contributed by atoms with Crippen LogP contribution >= 0.6 is 34.8 Å². The number of para-hydroxylation sites is 1. The average Bonchev–Trinajstić information content (AvgIpc) is 2.68. The number of rotatable bonds is 1. The molecule has 0 saturated heterocycles. The molecule has 2 heterocycles. The van der Waals surface area contributed by atoms with Crippen LogP contribution in [0.1, 0.15) is 12.5 Å². The van der Waals surface area contributed by atoms with Crippen molar-refractivity contribution in [3.63, 3.8) is 0 Å². The highest BCUT2D eigenvalue weighted by atomic mass is 35.5. The Morgan fingerprint density at radius 1 is 1.18 bits per heavy atom. The summed E-state index contributed by atoms with van der Waals surface area (Å²) < 4.78 is 5.65. The molecule has 0 saturated carbocycles. The van der Waals surface area contributed by atoms with E-state index < -0.39 is 4.84 Å². The molecule has 1 aliphatic rings. The van der Waals surface area contributed by atoms with E-state index in [-0.39, 0.29) is 11.9 Å². The molecule has 1 unspecified atom stereocenters. The van der Waals surface area contributed by atoms with E-state index in [4.69, 9.17) is 39.5 Å². The first-order valence-corrected chi connectivity index (χ1v) is 9.98. The van der Waals surface area contributed by atoms with E-state index in [9.17, 15) is 4.79 Å². The molecule has 28 heavy (non-hydrogen) atoms. The van der Waals surface area contributed by atoms with Crippen molar-refractivity contribution in [1.82, 2.24) is 4.98 Å². The van der Waals surface area contributed by atoms with Crippen LogP contribution < -0.4 is 9.64 Å². The summed E-state index contributed by atoms with van der Waals surface area (Å²) in [5, 5.41) is 1.77. The van der Waals surface area contributed by atoms with E-state index in [1.54, 1.807) is 11.1 Å². The lowest BCUT2D eigenvalue weighted by Crippen LogP contribution is -2.47. The molecule has 146 valence electrons. The summed E-state index contributed by atoms with van der Waals surface area (Å²) in [7, 11) is 0. The number of hydrogen-bond donors (Lipinski definition) is 0. The second kappa shape index (κ2) is 8.99. The van der Waals surface area contributed by atoms with Crippen molar-refractivity contribution in [2.75, 3.05) is 11.5 Å². The summed E-state index contributed by atoms with van der Waals surface area (Å²) >= 11 is 17.3. The third-order valence-corrected chi connectivity index (χ3v) is 5.08. The Morgan fingerprint density at radius 2 is 1.93 bits per heavy atom. The fourth-order valence-electron chi connectivity index (χ4n) is 3.04. The SMILES string of the molecule is Cc1cccc2c1OCC(C)N2C(=O)C(Cl)Cl.Clc1cccc2ncccc12. The maximum absolute atomic E-state index is 12.0. The van der Waals surface area contributed by atoms with Crippen molar-refractivity contribution in [3.8, 4) is 5.75 Å². The van der Waals surface area contributed by atoms with Gasteiger partial charge in [0.1, 0.15) is 12.4 Å². The predicted octanol–water partition coefficient (Wildman–Crippen LogP) is 5.80. The molecule has 0 aliphatic carbocycles. The van der Waals surface area contributed by atoms with Crippen LogP contribution in [0.25, 0.3) is 10.9 Å². The van der Waals surface area contributed by atoms with Crippen LogP contribution in [0.3, 0.4) is 0 Å². The van der Waals surface area contributed by atoms with Gasteiger partial charge in [0.15, 0.2) is 4.84 Å². The van der Waals surface area contributed by atoms with Crippen LogP contribution in [0, 0.1) is 6.92 Å². The number of anilines is 1. The molecule has 1 amide bonds. The van der Waals surface area contributed by atoms with Crippen molar-refractivity contribution in [2.24, 2.45) is 0 Å². The number of carbonyl (C=O) groups is 1. The largest absolute Gasteiger partial charge is 0.489 e. The fourth-order valence-corrected chi connectivity index (χ4v) is 3.48. The third-order valence-electron chi connectivity index (χ3n) is 4.38. The number of pyridine rings is 1. The Balaban J connectivity index is 0.000000176. The lowest BCUT2D eigenvalue weighted by Gasteiger charge is -2.36. The lowest BCUT2D eigenvalue weighted by atomic mass is 10.1. The van der Waals surface area contributed by atoms with Gasteiger partial charge in [-0.2, -0.15) is 0 Å². The molecule has 0 fully saturated rings. The second-order valence-electron chi connectivity index (χ2n) is 6.40. The number of fused-ring (bicyclic) bond motifs is 2. The van der Waals surface area contributed by atoms with Gasteiger partial charge in [0.05, 0.1) is 17.2 Å². The molecular weight excluding hydrogens is 419 g/mol. The molecule has 0 bridgehead atoms. The summed E-state index contributed by atoms with van der Waals surface area (Å²) in [4.78, 5) is 16.7. The first-order chi connectivity index (χ1) is 13.4. The number of alkyl halides is 2. The Hall–Kier alpha value is -2.01. The maximum Gasteiger partial charge on any atom is 0.260 e. The van der Waals surface area contributed by atoms with E-state index in [0.29, 0.717) is 6.61 Å². The molecule has 2 aromatic carbocycles. The smallest absolute Gasteiger partial charge is 0.260 e. The summed E-state index contributed by atoms with van der Waals surface area (Å²) in [6, 6.07) is 15.1. The Bertz CT molecular complexity index is 989. The minimum Gasteiger partial charge on any atom is -0.489 e. The Kier molecular flexibility index (Phi) is 6.65. The number of halogens is 3. The number of ether oxygens (including phenoxy) is 1. The molecular formula is C21H19Cl3N2O2. The molecule has 0 radical (unpaired) electrons. The standard InChI is InChI=1S/C12H13Cl2NO2.C9H6ClN/c1-7-4-3-5-9-10(7)17-6-8(2)15(9)12(16)11(13)14;10-8-4-1-5-9-7(8)3-2-6-11-9/h3-5,8,11H,6H2,1-2H3;1-6H. The van der Waals surface area contributed by atoms with Gasteiger partial charge in [-0.05, 0) is 49.7 Å². The Morgan fingerprint density at radius 3 is 2.64 bits per heavy atom. The van der Waals surface area contributed by atoms with Gasteiger partial charge in [-0.15, -0.1) is 0 Å². The first-order valence-electron chi connectivity index (χ1n) is 8.73. The summed E-state index contributed by atoms with van der Waals surface area (Å²) in [6.45, 7) is 4.29. The number of nitrogens with zero attached hydrogens (tertiary/aromatic N) is 2. The Labute approximate surface area is 179 Å². The summed E-state index contributed by atoms with van der Waals surface area (Å²) in [5.41, 5.74) is 2.67. The second-order valence-corrected chi connectivity index (χ2v) is 7.91. The van der Waals surface area contributed by atoms with E-state index in [0.717, 1.165) is 32.9 Å². The van der Waals surface area contributed by atoms with Gasteiger partial charge in [0.2, 0.25) is 0 Å². The van der Waals surface area contributed by atoms with Gasteiger partial charge in [0, 0.05) is 16.6 Å². The summed E-state index contributed by atoms with van der Waals surface area (Å²) in [6.07, 6.45) is 1.76. The van der Waals surface area contributed by atoms with Crippen molar-refractivity contribution in [3.05, 3.63) is 65.3 Å². The van der Waals surface area contributed by atoms with Crippen molar-refractivity contribution >= 4 is 57.3 Å². The van der Waals surface area contributed by atoms with E-state index in [1.807, 2.05) is 62.4 Å². The third kappa shape index (κ3) is 4.35. The lowest BCUT2D eigenvalue weighted by molar-refractivity contribution is -0.117. The van der Waals surface area contributed by atoms with Gasteiger partial charge >= 0.3 is 0 Å². The van der Waals surface area contributed by atoms with Crippen LogP contribution in [-0.2, 0) is 4.79 Å². The molecule has 4 rings (SSSR count). The highest BCUT2D eigenvalue weighted by Crippen LogP contribution is 2.37. The number of benzene rings is 2. The van der Waals surface area contributed by atoms with Gasteiger partial charge in [-0.25, -0.2) is 0 Å². The monoisotopic (exact) mass is 436 g/mol. The number of amides is 1. The molecule has 4 nitrogen and oxygen atoms in total. The predicted molar refractivity (Wildman–Crippen MR) is 116 cm³/mol. The highest BCUT2D eigenvalue weighted by Gasteiger charge is 2.32. The number of aryl methyl sites for hydroxylation is 1. The van der Waals surface area contributed by atoms with E-state index in [1.165, 1.54) is 0 Å². The number of hydrogen-bond acceptors (Lipinski definition) is 3. The maximum atomic E-state index is 12.0.